The van der Waals surface area contributed by atoms with E-state index in [-0.39, 0.29) is 18.7 Å². The van der Waals surface area contributed by atoms with Gasteiger partial charge in [-0.1, -0.05) is 0 Å². The topological polar surface area (TPSA) is 99.2 Å². The molecule has 2 heterocycles. The van der Waals surface area contributed by atoms with Crippen LogP contribution in [-0.4, -0.2) is 51.5 Å². The zero-order valence-corrected chi connectivity index (χ0v) is 19.2. The summed E-state index contributed by atoms with van der Waals surface area (Å²) in [6.07, 6.45) is -0.309. The standard InChI is InChI=1S/C22H27F2N5O2S/c1-21(2,24)11-27-16-8-19(29-13-5-6-15-17(7-13)32-12-28-15)25-9-14(16)20(30)26-10-18(23)22(3,4)31/h5-9,12,18,31H,10-11H2,1-4H3,(H,26,30)(H2,25,27,29)/t18-/m1/s1. The van der Waals surface area contributed by atoms with E-state index in [9.17, 15) is 18.7 Å². The van der Waals surface area contributed by atoms with Gasteiger partial charge in [0.1, 0.15) is 17.7 Å². The van der Waals surface area contributed by atoms with Gasteiger partial charge in [-0.15, -0.1) is 11.3 Å². The molecule has 0 saturated carbocycles. The molecule has 0 aliphatic carbocycles. The molecule has 32 heavy (non-hydrogen) atoms. The first-order chi connectivity index (χ1) is 14.9. The second kappa shape index (κ2) is 9.33. The Morgan fingerprint density at radius 3 is 2.66 bits per heavy atom. The fourth-order valence-corrected chi connectivity index (χ4v) is 3.48. The van der Waals surface area contributed by atoms with Crippen LogP contribution < -0.4 is 16.0 Å². The zero-order chi connectivity index (χ0) is 23.5. The molecule has 3 rings (SSSR count). The van der Waals surface area contributed by atoms with Gasteiger partial charge >= 0.3 is 0 Å². The summed E-state index contributed by atoms with van der Waals surface area (Å²) in [7, 11) is 0. The summed E-state index contributed by atoms with van der Waals surface area (Å²) in [6, 6.07) is 7.28. The third-order valence-electron chi connectivity index (χ3n) is 4.66. The van der Waals surface area contributed by atoms with Crippen LogP contribution in [0.4, 0.5) is 26.0 Å². The van der Waals surface area contributed by atoms with Crippen LogP contribution in [0.2, 0.25) is 0 Å². The molecule has 0 fully saturated rings. The number of alkyl halides is 2. The maximum atomic E-state index is 14.1. The molecule has 10 heteroatoms. The number of hydrogen-bond acceptors (Lipinski definition) is 7. The lowest BCUT2D eigenvalue weighted by molar-refractivity contribution is -0.00177. The summed E-state index contributed by atoms with van der Waals surface area (Å²) in [5.74, 6) is -0.134. The normalized spacial score (nSPS) is 13.1. The van der Waals surface area contributed by atoms with Crippen molar-refractivity contribution in [3.8, 4) is 0 Å². The summed E-state index contributed by atoms with van der Waals surface area (Å²) in [4.78, 5) is 21.2. The number of rotatable bonds is 9. The summed E-state index contributed by atoms with van der Waals surface area (Å²) in [5.41, 5.74) is 0.827. The van der Waals surface area contributed by atoms with Crippen LogP contribution in [0, 0.1) is 0 Å². The predicted octanol–water partition coefficient (Wildman–Crippen LogP) is 4.43. The average molecular weight is 464 g/mol. The predicted molar refractivity (Wildman–Crippen MR) is 124 cm³/mol. The van der Waals surface area contributed by atoms with Crippen LogP contribution in [0.3, 0.4) is 0 Å². The number of hydrogen-bond donors (Lipinski definition) is 4. The Kier molecular flexibility index (Phi) is 6.94. The molecule has 1 atom stereocenters. The van der Waals surface area contributed by atoms with E-state index in [0.29, 0.717) is 11.5 Å². The van der Waals surface area contributed by atoms with Crippen molar-refractivity contribution in [2.24, 2.45) is 0 Å². The first kappa shape index (κ1) is 23.8. The van der Waals surface area contributed by atoms with E-state index in [4.69, 9.17) is 0 Å². The largest absolute Gasteiger partial charge is 0.387 e. The number of pyridine rings is 1. The van der Waals surface area contributed by atoms with Gasteiger partial charge in [-0.2, -0.15) is 0 Å². The number of nitrogens with one attached hydrogen (secondary N) is 3. The fraction of sp³-hybridized carbons (Fsp3) is 0.409. The van der Waals surface area contributed by atoms with Crippen molar-refractivity contribution in [1.82, 2.24) is 15.3 Å². The molecule has 0 saturated heterocycles. The molecule has 1 aromatic carbocycles. The highest BCUT2D eigenvalue weighted by Gasteiger charge is 2.27. The van der Waals surface area contributed by atoms with Crippen molar-refractivity contribution in [2.75, 3.05) is 23.7 Å². The molecular weight excluding hydrogens is 436 g/mol. The maximum absolute atomic E-state index is 14.1. The van der Waals surface area contributed by atoms with E-state index in [2.05, 4.69) is 25.9 Å². The number of aliphatic hydroxyl groups is 1. The number of thiazole rings is 1. The molecule has 0 bridgehead atoms. The Bertz CT molecular complexity index is 1090. The van der Waals surface area contributed by atoms with Crippen molar-refractivity contribution < 1.29 is 18.7 Å². The Morgan fingerprint density at radius 1 is 1.22 bits per heavy atom. The van der Waals surface area contributed by atoms with Gasteiger partial charge < -0.3 is 21.1 Å². The molecular formula is C22H27F2N5O2S. The maximum Gasteiger partial charge on any atom is 0.255 e. The molecule has 0 aliphatic rings. The number of amides is 1. The van der Waals surface area contributed by atoms with E-state index in [1.54, 1.807) is 11.6 Å². The number of anilines is 3. The number of benzene rings is 1. The van der Waals surface area contributed by atoms with Gasteiger partial charge in [0.15, 0.2) is 0 Å². The second-order valence-corrected chi connectivity index (χ2v) is 9.56. The van der Waals surface area contributed by atoms with Crippen molar-refractivity contribution in [3.63, 3.8) is 0 Å². The fourth-order valence-electron chi connectivity index (χ4n) is 2.76. The van der Waals surface area contributed by atoms with Crippen molar-refractivity contribution in [2.45, 2.75) is 45.1 Å². The third kappa shape index (κ3) is 6.33. The number of carbonyl (C=O) groups excluding carboxylic acids is 1. The van der Waals surface area contributed by atoms with Crippen molar-refractivity contribution >= 4 is 44.7 Å². The lowest BCUT2D eigenvalue weighted by Gasteiger charge is -2.23. The minimum atomic E-state index is -1.65. The quantitative estimate of drug-likeness (QED) is 0.375. The van der Waals surface area contributed by atoms with E-state index >= 15 is 0 Å². The molecule has 7 nitrogen and oxygen atoms in total. The summed E-state index contributed by atoms with van der Waals surface area (Å²) >= 11 is 1.51. The van der Waals surface area contributed by atoms with Crippen LogP contribution >= 0.6 is 11.3 Å². The molecule has 0 unspecified atom stereocenters. The number of carbonyl (C=O) groups is 1. The van der Waals surface area contributed by atoms with E-state index in [1.165, 1.54) is 45.2 Å². The first-order valence-corrected chi connectivity index (χ1v) is 11.0. The van der Waals surface area contributed by atoms with E-state index < -0.39 is 23.3 Å². The summed E-state index contributed by atoms with van der Waals surface area (Å²) < 4.78 is 29.1. The monoisotopic (exact) mass is 463 g/mol. The number of fused-ring (bicyclic) bond motifs is 1. The van der Waals surface area contributed by atoms with Gasteiger partial charge in [0.2, 0.25) is 0 Å². The second-order valence-electron chi connectivity index (χ2n) is 8.68. The lowest BCUT2D eigenvalue weighted by Crippen LogP contribution is -2.42. The van der Waals surface area contributed by atoms with Crippen molar-refractivity contribution in [3.05, 3.63) is 41.5 Å². The van der Waals surface area contributed by atoms with Gasteiger partial charge in [-0.25, -0.2) is 18.7 Å². The van der Waals surface area contributed by atoms with E-state index in [0.717, 1.165) is 15.9 Å². The summed E-state index contributed by atoms with van der Waals surface area (Å²) in [6.45, 7) is 5.07. The van der Waals surface area contributed by atoms with Gasteiger partial charge in [0.25, 0.3) is 5.91 Å². The minimum Gasteiger partial charge on any atom is -0.387 e. The Morgan fingerprint density at radius 2 is 1.97 bits per heavy atom. The Hall–Kier alpha value is -2.85. The number of halogens is 2. The molecule has 3 aromatic rings. The molecule has 1 amide bonds. The highest BCUT2D eigenvalue weighted by atomic mass is 32.1. The SMILES string of the molecule is CC(C)(F)CNc1cc(Nc2ccc3ncsc3c2)ncc1C(=O)NC[C@@H](F)C(C)(C)O. The van der Waals surface area contributed by atoms with Gasteiger partial charge in [0.05, 0.1) is 39.1 Å². The van der Waals surface area contributed by atoms with E-state index in [1.807, 2.05) is 18.2 Å². The van der Waals surface area contributed by atoms with Crippen LogP contribution in [0.1, 0.15) is 38.1 Å². The van der Waals surface area contributed by atoms with Crippen LogP contribution in [-0.2, 0) is 0 Å². The molecule has 2 aromatic heterocycles. The highest BCUT2D eigenvalue weighted by Crippen LogP contribution is 2.26. The minimum absolute atomic E-state index is 0.0427. The molecule has 0 spiro atoms. The molecule has 172 valence electrons. The smallest absolute Gasteiger partial charge is 0.255 e. The average Bonchev–Trinajstić information content (AvgIpc) is 3.17. The third-order valence-corrected chi connectivity index (χ3v) is 5.45. The first-order valence-electron chi connectivity index (χ1n) is 10.1. The number of nitrogens with zero attached hydrogens (tertiary/aromatic N) is 2. The van der Waals surface area contributed by atoms with Gasteiger partial charge in [-0.3, -0.25) is 4.79 Å². The lowest BCUT2D eigenvalue weighted by atomic mass is 10.0. The van der Waals surface area contributed by atoms with Gasteiger partial charge in [-0.05, 0) is 45.9 Å². The van der Waals surface area contributed by atoms with Crippen LogP contribution in [0.15, 0.2) is 36.0 Å². The summed E-state index contributed by atoms with van der Waals surface area (Å²) in [5, 5.41) is 18.3. The van der Waals surface area contributed by atoms with Gasteiger partial charge in [0, 0.05) is 24.5 Å². The van der Waals surface area contributed by atoms with Crippen molar-refractivity contribution in [1.29, 1.82) is 0 Å². The Labute approximate surface area is 189 Å². The van der Waals surface area contributed by atoms with Crippen LogP contribution in [0.5, 0.6) is 0 Å². The Balaban J connectivity index is 1.81. The molecule has 4 N–H and O–H groups in total. The zero-order valence-electron chi connectivity index (χ0n) is 18.4. The number of aromatic nitrogens is 2. The van der Waals surface area contributed by atoms with Crippen LogP contribution in [0.25, 0.3) is 10.2 Å². The molecule has 0 aliphatic heterocycles. The molecule has 0 radical (unpaired) electrons. The highest BCUT2D eigenvalue weighted by molar-refractivity contribution is 7.16.